The van der Waals surface area contributed by atoms with Crippen LogP contribution in [0.15, 0.2) is 59.3 Å². The molecule has 0 saturated carbocycles. The van der Waals surface area contributed by atoms with E-state index in [0.29, 0.717) is 53.1 Å². The van der Waals surface area contributed by atoms with Gasteiger partial charge >= 0.3 is 0 Å². The predicted octanol–water partition coefficient (Wildman–Crippen LogP) is 6.32. The van der Waals surface area contributed by atoms with Gasteiger partial charge in [0.25, 0.3) is 5.69 Å². The Morgan fingerprint density at radius 3 is 2.69 bits per heavy atom. The lowest BCUT2D eigenvalue weighted by Gasteiger charge is -2.37. The highest BCUT2D eigenvalue weighted by molar-refractivity contribution is 5.86. The molecule has 13 nitrogen and oxygen atoms in total. The molecule has 0 atom stereocenters. The Kier molecular flexibility index (Phi) is 9.21. The minimum atomic E-state index is -0.338. The largest absolute Gasteiger partial charge is 0.494 e. The van der Waals surface area contributed by atoms with Crippen LogP contribution in [-0.4, -0.2) is 80.8 Å². The number of hydrogen-bond acceptors (Lipinski definition) is 11. The number of unbranched alkanes of at least 4 members (excludes halogenated alkanes) is 1. The number of furan rings is 1. The number of methoxy groups -OCH3 is 1. The first-order valence-electron chi connectivity index (χ1n) is 16.6. The van der Waals surface area contributed by atoms with Crippen LogP contribution in [0.25, 0.3) is 33.6 Å². The normalized spacial score (nSPS) is 15.8. The van der Waals surface area contributed by atoms with Crippen molar-refractivity contribution in [2.45, 2.75) is 51.0 Å². The van der Waals surface area contributed by atoms with Gasteiger partial charge in [-0.3, -0.25) is 10.1 Å². The summed E-state index contributed by atoms with van der Waals surface area (Å²) < 4.78 is 11.4. The van der Waals surface area contributed by atoms with E-state index in [-0.39, 0.29) is 23.2 Å². The smallest absolute Gasteiger partial charge is 0.294 e. The lowest BCUT2D eigenvalue weighted by Crippen LogP contribution is -2.44. The molecule has 3 N–H and O–H groups in total. The van der Waals surface area contributed by atoms with Crippen LogP contribution >= 0.6 is 0 Å². The topological polar surface area (TPSA) is 159 Å². The zero-order valence-corrected chi connectivity index (χ0v) is 27.0. The van der Waals surface area contributed by atoms with Gasteiger partial charge in [0.1, 0.15) is 22.8 Å². The van der Waals surface area contributed by atoms with E-state index in [1.54, 1.807) is 31.7 Å². The van der Waals surface area contributed by atoms with E-state index < -0.39 is 0 Å². The van der Waals surface area contributed by atoms with Crippen LogP contribution in [0.1, 0.15) is 44.3 Å². The minimum Gasteiger partial charge on any atom is -0.494 e. The second-order valence-electron chi connectivity index (χ2n) is 12.4. The highest BCUT2D eigenvalue weighted by Crippen LogP contribution is 2.41. The molecular formula is C35H40N8O5. The molecule has 0 radical (unpaired) electrons. The second-order valence-corrected chi connectivity index (χ2v) is 12.4. The molecule has 48 heavy (non-hydrogen) atoms. The Hall–Kier alpha value is -5.01. The number of aliphatic hydroxyl groups is 1. The fourth-order valence-electron chi connectivity index (χ4n) is 6.92. The molecule has 0 unspecified atom stereocenters. The first-order valence-corrected chi connectivity index (χ1v) is 16.6. The molecule has 250 valence electrons. The molecule has 0 amide bonds. The van der Waals surface area contributed by atoms with E-state index >= 15 is 0 Å². The Labute approximate surface area is 278 Å². The maximum atomic E-state index is 12.4. The van der Waals surface area contributed by atoms with Crippen molar-refractivity contribution in [3.8, 4) is 28.4 Å². The molecule has 0 bridgehead atoms. The molecule has 7 rings (SSSR count). The summed E-state index contributed by atoms with van der Waals surface area (Å²) in [5, 5.41) is 25.8. The Morgan fingerprint density at radius 2 is 1.92 bits per heavy atom. The highest BCUT2D eigenvalue weighted by atomic mass is 16.6. The number of ether oxygens (including phenoxy) is 1. The molecule has 0 spiro atoms. The second kappa shape index (κ2) is 14.0. The van der Waals surface area contributed by atoms with E-state index in [4.69, 9.17) is 19.1 Å². The third-order valence-corrected chi connectivity index (χ3v) is 9.42. The average Bonchev–Trinajstić information content (AvgIpc) is 3.90. The first-order chi connectivity index (χ1) is 23.5. The number of likely N-dealkylation sites (tertiary alicyclic amines) is 1. The van der Waals surface area contributed by atoms with Crippen molar-refractivity contribution in [1.29, 1.82) is 0 Å². The van der Waals surface area contributed by atoms with E-state index in [9.17, 15) is 15.2 Å². The van der Waals surface area contributed by atoms with Gasteiger partial charge in [-0.2, -0.15) is 0 Å². The fourth-order valence-corrected chi connectivity index (χ4v) is 6.92. The predicted molar refractivity (Wildman–Crippen MR) is 184 cm³/mol. The molecular weight excluding hydrogens is 612 g/mol. The number of nitrogens with one attached hydrogen (secondary N) is 2. The summed E-state index contributed by atoms with van der Waals surface area (Å²) in [6.45, 7) is 3.93. The number of nitro benzene ring substituents is 1. The zero-order valence-electron chi connectivity index (χ0n) is 27.0. The van der Waals surface area contributed by atoms with Gasteiger partial charge in [-0.15, -0.1) is 0 Å². The van der Waals surface area contributed by atoms with Crippen molar-refractivity contribution in [3.63, 3.8) is 0 Å². The van der Waals surface area contributed by atoms with E-state index in [1.165, 1.54) is 18.9 Å². The van der Waals surface area contributed by atoms with Gasteiger partial charge in [-0.1, -0.05) is 12.1 Å². The minimum absolute atomic E-state index is 0.00534. The number of nitrogens with zero attached hydrogens (tertiary/aromatic N) is 6. The molecule has 13 heteroatoms. The Bertz CT molecular complexity index is 1890. The van der Waals surface area contributed by atoms with Crippen LogP contribution in [0.5, 0.6) is 5.75 Å². The van der Waals surface area contributed by atoms with Gasteiger partial charge in [0, 0.05) is 61.4 Å². The summed E-state index contributed by atoms with van der Waals surface area (Å²) in [6.07, 6.45) is 9.87. The van der Waals surface area contributed by atoms with Crippen LogP contribution in [-0.2, 0) is 6.42 Å². The van der Waals surface area contributed by atoms with Crippen molar-refractivity contribution in [3.05, 3.63) is 70.9 Å². The molecule has 5 aromatic rings. The van der Waals surface area contributed by atoms with Crippen LogP contribution < -0.4 is 15.0 Å². The van der Waals surface area contributed by atoms with E-state index in [0.717, 1.165) is 67.8 Å². The molecule has 2 aromatic carbocycles. The number of aromatic nitrogens is 4. The van der Waals surface area contributed by atoms with Crippen molar-refractivity contribution < 1.29 is 19.2 Å². The third kappa shape index (κ3) is 6.56. The molecule has 2 aliphatic rings. The van der Waals surface area contributed by atoms with Crippen LogP contribution in [0.2, 0.25) is 0 Å². The number of aliphatic hydroxyl groups excluding tert-OH is 1. The molecule has 0 aliphatic carbocycles. The maximum absolute atomic E-state index is 12.4. The number of benzene rings is 2. The number of aryl methyl sites for hydroxylation is 1. The quantitative estimate of drug-likeness (QED) is 0.0786. The van der Waals surface area contributed by atoms with Gasteiger partial charge in [0.2, 0.25) is 5.95 Å². The number of imidazole rings is 1. The van der Waals surface area contributed by atoms with Crippen molar-refractivity contribution in [1.82, 2.24) is 24.8 Å². The summed E-state index contributed by atoms with van der Waals surface area (Å²) in [4.78, 5) is 34.3. The molecule has 2 saturated heterocycles. The van der Waals surface area contributed by atoms with Crippen LogP contribution in [0, 0.1) is 10.1 Å². The van der Waals surface area contributed by atoms with Gasteiger partial charge in [-0.05, 0) is 69.8 Å². The maximum Gasteiger partial charge on any atom is 0.294 e. The monoisotopic (exact) mass is 652 g/mol. The lowest BCUT2D eigenvalue weighted by molar-refractivity contribution is -0.384. The average molecular weight is 653 g/mol. The summed E-state index contributed by atoms with van der Waals surface area (Å²) >= 11 is 0. The lowest BCUT2D eigenvalue weighted by atomic mass is 10.0. The van der Waals surface area contributed by atoms with Crippen LogP contribution in [0.4, 0.5) is 23.0 Å². The molecule has 2 fully saturated rings. The fraction of sp³-hybridized carbons (Fsp3) is 0.400. The summed E-state index contributed by atoms with van der Waals surface area (Å²) in [5.74, 6) is 1.49. The zero-order chi connectivity index (χ0) is 33.0. The number of rotatable bonds is 12. The number of aromatic amines is 1. The van der Waals surface area contributed by atoms with Crippen LogP contribution in [0.3, 0.4) is 0 Å². The number of H-pyrrole nitrogens is 1. The van der Waals surface area contributed by atoms with Crippen molar-refractivity contribution >= 4 is 34.0 Å². The van der Waals surface area contributed by atoms with Gasteiger partial charge in [0.05, 0.1) is 41.1 Å². The van der Waals surface area contributed by atoms with Crippen molar-refractivity contribution in [2.24, 2.45) is 0 Å². The van der Waals surface area contributed by atoms with Gasteiger partial charge < -0.3 is 34.4 Å². The number of fused-ring (bicyclic) bond motifs is 1. The summed E-state index contributed by atoms with van der Waals surface area (Å²) in [6, 6.07) is 13.4. The number of piperidine rings is 1. The van der Waals surface area contributed by atoms with E-state index in [2.05, 4.69) is 25.1 Å². The molecule has 5 heterocycles. The molecule has 2 aliphatic heterocycles. The number of hydrogen-bond donors (Lipinski definition) is 3. The van der Waals surface area contributed by atoms with E-state index in [1.807, 2.05) is 24.3 Å². The summed E-state index contributed by atoms with van der Waals surface area (Å²) in [7, 11) is 1.55. The Balaban J connectivity index is 1.17. The van der Waals surface area contributed by atoms with Gasteiger partial charge in [-0.25, -0.2) is 15.0 Å². The van der Waals surface area contributed by atoms with Gasteiger partial charge in [0.15, 0.2) is 0 Å². The standard InChI is InChI=1S/C35H40N8O5/c1-47-31-22-28(42-16-10-25(11-17-42)41-14-3-4-15-41)29(43(45)46)21-27(31)38-35-36-13-9-26(37-35)34-33(39-32(40-34)6-2-5-18-44)24-8-7-23-12-19-48-30(23)20-24/h7-9,12-13,19-22,25,44H,2-6,10-11,14-18H2,1H3,(H,39,40)(H,36,37,38). The first kappa shape index (κ1) is 31.6. The highest BCUT2D eigenvalue weighted by Gasteiger charge is 2.30. The molecule has 3 aromatic heterocycles. The number of nitro groups is 1. The number of anilines is 3. The third-order valence-electron chi connectivity index (χ3n) is 9.42. The Morgan fingerprint density at radius 1 is 1.08 bits per heavy atom. The SMILES string of the molecule is COc1cc(N2CCC(N3CCCC3)CC2)c([N+](=O)[O-])cc1Nc1nccc(-c2[nH]c(CCCCO)nc2-c2ccc3ccoc3c2)n1. The summed E-state index contributed by atoms with van der Waals surface area (Å²) in [5.41, 5.74) is 4.58. The van der Waals surface area contributed by atoms with Crippen molar-refractivity contribution in [2.75, 3.05) is 50.1 Å².